The Hall–Kier alpha value is -1.30. The Balaban J connectivity index is 1.59. The van der Waals surface area contributed by atoms with Gasteiger partial charge in [-0.15, -0.1) is 0 Å². The minimum Gasteiger partial charge on any atom is -0.378 e. The van der Waals surface area contributed by atoms with Crippen LogP contribution in [0.5, 0.6) is 0 Å². The summed E-state index contributed by atoms with van der Waals surface area (Å²) in [6, 6.07) is 5.06. The fraction of sp³-hybridized carbons (Fsp3) is 0.529. The highest BCUT2D eigenvalue weighted by Gasteiger charge is 2.31. The molecule has 1 aromatic carbocycles. The third-order valence-electron chi connectivity index (χ3n) is 4.64. The molecule has 2 fully saturated rings. The van der Waals surface area contributed by atoms with Crippen molar-refractivity contribution < 1.29 is 14.3 Å². The third-order valence-corrected chi connectivity index (χ3v) is 5.46. The van der Waals surface area contributed by atoms with Gasteiger partial charge in [-0.1, -0.05) is 29.3 Å². The molecule has 2 heterocycles. The quantitative estimate of drug-likeness (QED) is 0.803. The predicted molar refractivity (Wildman–Crippen MR) is 92.5 cm³/mol. The summed E-state index contributed by atoms with van der Waals surface area (Å²) in [4.78, 5) is 28.8. The normalized spacial score (nSPS) is 19.4. The number of piperidine rings is 1. The van der Waals surface area contributed by atoms with Gasteiger partial charge in [0, 0.05) is 32.1 Å². The second kappa shape index (κ2) is 7.72. The van der Waals surface area contributed by atoms with Crippen molar-refractivity contribution in [3.05, 3.63) is 33.8 Å². The maximum atomic E-state index is 12.6. The molecule has 3 rings (SSSR count). The van der Waals surface area contributed by atoms with Crippen LogP contribution in [0.4, 0.5) is 0 Å². The Bertz CT molecular complexity index is 624. The van der Waals surface area contributed by atoms with Crippen molar-refractivity contribution in [3.63, 3.8) is 0 Å². The van der Waals surface area contributed by atoms with Gasteiger partial charge in [-0.25, -0.2) is 0 Å². The second-order valence-electron chi connectivity index (χ2n) is 6.11. The molecule has 0 aliphatic carbocycles. The van der Waals surface area contributed by atoms with Crippen LogP contribution in [0.15, 0.2) is 18.2 Å². The molecule has 130 valence electrons. The maximum absolute atomic E-state index is 12.6. The average molecular weight is 371 g/mol. The topological polar surface area (TPSA) is 49.9 Å². The summed E-state index contributed by atoms with van der Waals surface area (Å²) in [5, 5.41) is 0.663. The smallest absolute Gasteiger partial charge is 0.255 e. The summed E-state index contributed by atoms with van der Waals surface area (Å²) < 4.78 is 5.29. The number of carbonyl (C=O) groups is 2. The molecule has 0 bridgehead atoms. The van der Waals surface area contributed by atoms with Gasteiger partial charge in [0.15, 0.2) is 0 Å². The van der Waals surface area contributed by atoms with E-state index in [2.05, 4.69) is 0 Å². The fourth-order valence-electron chi connectivity index (χ4n) is 3.21. The highest BCUT2D eigenvalue weighted by atomic mass is 35.5. The van der Waals surface area contributed by atoms with Crippen LogP contribution in [-0.2, 0) is 9.53 Å². The van der Waals surface area contributed by atoms with E-state index in [1.807, 2.05) is 4.90 Å². The SMILES string of the molecule is O=C(c1cccc(Cl)c1Cl)N1CCC(C(=O)N2CCOCC2)CC1. The van der Waals surface area contributed by atoms with Gasteiger partial charge in [0.1, 0.15) is 0 Å². The lowest BCUT2D eigenvalue weighted by Crippen LogP contribution is -2.47. The van der Waals surface area contributed by atoms with Gasteiger partial charge in [0.2, 0.25) is 5.91 Å². The molecule has 0 spiro atoms. The van der Waals surface area contributed by atoms with Crippen molar-refractivity contribution in [2.45, 2.75) is 12.8 Å². The molecule has 2 aliphatic rings. The Morgan fingerprint density at radius 3 is 2.33 bits per heavy atom. The van der Waals surface area contributed by atoms with Gasteiger partial charge in [-0.2, -0.15) is 0 Å². The number of carbonyl (C=O) groups excluding carboxylic acids is 2. The number of morpholine rings is 1. The standard InChI is InChI=1S/C17H20Cl2N2O3/c18-14-3-1-2-13(15(14)19)17(23)20-6-4-12(5-7-20)16(22)21-8-10-24-11-9-21/h1-3,12H,4-11H2. The molecule has 0 N–H and O–H groups in total. The van der Waals surface area contributed by atoms with E-state index in [1.54, 1.807) is 23.1 Å². The Morgan fingerprint density at radius 2 is 1.67 bits per heavy atom. The molecule has 0 aromatic heterocycles. The number of nitrogens with zero attached hydrogens (tertiary/aromatic N) is 2. The van der Waals surface area contributed by atoms with Gasteiger partial charge < -0.3 is 14.5 Å². The molecule has 7 heteroatoms. The number of halogens is 2. The maximum Gasteiger partial charge on any atom is 0.255 e. The first-order valence-electron chi connectivity index (χ1n) is 8.17. The lowest BCUT2D eigenvalue weighted by molar-refractivity contribution is -0.141. The monoisotopic (exact) mass is 370 g/mol. The van der Waals surface area contributed by atoms with Crippen molar-refractivity contribution in [2.75, 3.05) is 39.4 Å². The predicted octanol–water partition coefficient (Wildman–Crippen LogP) is 2.70. The summed E-state index contributed by atoms with van der Waals surface area (Å²) in [5.41, 5.74) is 0.419. The summed E-state index contributed by atoms with van der Waals surface area (Å²) in [6.45, 7) is 3.66. The Kier molecular flexibility index (Phi) is 5.64. The van der Waals surface area contributed by atoms with Crippen LogP contribution >= 0.6 is 23.2 Å². The first-order chi connectivity index (χ1) is 11.6. The molecule has 5 nitrogen and oxygen atoms in total. The highest BCUT2D eigenvalue weighted by molar-refractivity contribution is 6.43. The third kappa shape index (κ3) is 3.68. The molecule has 0 atom stereocenters. The van der Waals surface area contributed by atoms with Crippen molar-refractivity contribution in [1.29, 1.82) is 0 Å². The minimum atomic E-state index is -0.125. The molecule has 2 aliphatic heterocycles. The van der Waals surface area contributed by atoms with Crippen molar-refractivity contribution >= 4 is 35.0 Å². The largest absolute Gasteiger partial charge is 0.378 e. The first-order valence-corrected chi connectivity index (χ1v) is 8.93. The molecular weight excluding hydrogens is 351 g/mol. The zero-order valence-corrected chi connectivity index (χ0v) is 14.9. The first kappa shape index (κ1) is 17.5. The molecule has 2 saturated heterocycles. The number of benzene rings is 1. The highest BCUT2D eigenvalue weighted by Crippen LogP contribution is 2.28. The van der Waals surface area contributed by atoms with Crippen LogP contribution < -0.4 is 0 Å². The number of hydrogen-bond acceptors (Lipinski definition) is 3. The van der Waals surface area contributed by atoms with Crippen molar-refractivity contribution in [2.24, 2.45) is 5.92 Å². The van der Waals surface area contributed by atoms with Crippen LogP contribution in [0.3, 0.4) is 0 Å². The number of ether oxygens (including phenoxy) is 1. The molecule has 2 amide bonds. The van der Waals surface area contributed by atoms with Gasteiger partial charge in [-0.3, -0.25) is 9.59 Å². The van der Waals surface area contributed by atoms with Crippen molar-refractivity contribution in [3.8, 4) is 0 Å². The number of amides is 2. The van der Waals surface area contributed by atoms with Crippen LogP contribution in [0.25, 0.3) is 0 Å². The van der Waals surface area contributed by atoms with Crippen LogP contribution in [0, 0.1) is 5.92 Å². The fourth-order valence-corrected chi connectivity index (χ4v) is 3.59. The van der Waals surface area contributed by atoms with Crippen LogP contribution in [0.2, 0.25) is 10.0 Å². The zero-order chi connectivity index (χ0) is 17.1. The minimum absolute atomic E-state index is 0.0121. The van der Waals surface area contributed by atoms with E-state index in [9.17, 15) is 9.59 Å². The Morgan fingerprint density at radius 1 is 1.00 bits per heavy atom. The van der Waals surface area contributed by atoms with E-state index in [1.165, 1.54) is 0 Å². The molecule has 24 heavy (non-hydrogen) atoms. The van der Waals surface area contributed by atoms with E-state index in [-0.39, 0.29) is 22.8 Å². The Labute approximate surface area is 151 Å². The van der Waals surface area contributed by atoms with E-state index in [0.29, 0.717) is 62.8 Å². The molecular formula is C17H20Cl2N2O3. The zero-order valence-electron chi connectivity index (χ0n) is 13.3. The summed E-state index contributed by atoms with van der Waals surface area (Å²) in [5.74, 6) is 0.0490. The molecule has 0 unspecified atom stereocenters. The number of hydrogen-bond donors (Lipinski definition) is 0. The lowest BCUT2D eigenvalue weighted by atomic mass is 9.94. The van der Waals surface area contributed by atoms with E-state index >= 15 is 0 Å². The van der Waals surface area contributed by atoms with Crippen molar-refractivity contribution in [1.82, 2.24) is 9.80 Å². The van der Waals surface area contributed by atoms with Crippen LogP contribution in [0.1, 0.15) is 23.2 Å². The second-order valence-corrected chi connectivity index (χ2v) is 6.89. The van der Waals surface area contributed by atoms with Gasteiger partial charge in [0.25, 0.3) is 5.91 Å². The molecule has 0 saturated carbocycles. The summed E-state index contributed by atoms with van der Waals surface area (Å²) >= 11 is 12.1. The average Bonchev–Trinajstić information content (AvgIpc) is 2.64. The van der Waals surface area contributed by atoms with Gasteiger partial charge in [0.05, 0.1) is 28.8 Å². The lowest BCUT2D eigenvalue weighted by Gasteiger charge is -2.35. The van der Waals surface area contributed by atoms with Gasteiger partial charge >= 0.3 is 0 Å². The number of rotatable bonds is 2. The molecule has 1 aromatic rings. The van der Waals surface area contributed by atoms with E-state index in [0.717, 1.165) is 0 Å². The molecule has 0 radical (unpaired) electrons. The summed E-state index contributed by atoms with van der Waals surface area (Å²) in [6.07, 6.45) is 1.36. The van der Waals surface area contributed by atoms with Crippen LogP contribution in [-0.4, -0.2) is 61.0 Å². The van der Waals surface area contributed by atoms with E-state index in [4.69, 9.17) is 27.9 Å². The van der Waals surface area contributed by atoms with Gasteiger partial charge in [-0.05, 0) is 25.0 Å². The van der Waals surface area contributed by atoms with E-state index < -0.39 is 0 Å². The number of likely N-dealkylation sites (tertiary alicyclic amines) is 1. The summed E-state index contributed by atoms with van der Waals surface area (Å²) in [7, 11) is 0.